The molecule has 0 bridgehead atoms. The first-order chi connectivity index (χ1) is 24.6. The molecule has 51 heavy (non-hydrogen) atoms. The minimum absolute atomic E-state index is 0.0932. The van der Waals surface area contributed by atoms with Crippen molar-refractivity contribution in [3.8, 4) is 5.75 Å². The number of unbranched alkanes of at least 4 members (excludes halogenated alkanes) is 1. The summed E-state index contributed by atoms with van der Waals surface area (Å²) in [7, 11) is 0. The molecule has 0 radical (unpaired) electrons. The molecule has 0 spiro atoms. The standard InChI is InChI=1S/C46H66N2O3/c1-7-8-28-50-38-19-12-34(13-20-38)30-47-36-15-17-37(18-16-36)48-44(49)31-51-39-24-26-45(5)35(29-39)14-21-40-42-23-22-41(33(4)11-9-10-32(2)3)46(42,6)27-25-43(40)45/h12-20,30,32-33,39-43H,7-11,21-29,31H2,1-6H3,(H,48,49)/t33-,39+,40+,41-,42+,43+,45+,46-/m1/s1. The first-order valence-corrected chi connectivity index (χ1v) is 20.6. The van der Waals surface area contributed by atoms with Gasteiger partial charge in [-0.05, 0) is 158 Å². The van der Waals surface area contributed by atoms with Crippen molar-refractivity contribution in [1.82, 2.24) is 0 Å². The first-order valence-electron chi connectivity index (χ1n) is 20.6. The van der Waals surface area contributed by atoms with Crippen LogP contribution in [0.25, 0.3) is 0 Å². The van der Waals surface area contributed by atoms with E-state index in [1.165, 1.54) is 57.8 Å². The summed E-state index contributed by atoms with van der Waals surface area (Å²) < 4.78 is 12.0. The number of allylic oxidation sites excluding steroid dienone is 1. The Balaban J connectivity index is 0.963. The minimum Gasteiger partial charge on any atom is -0.494 e. The number of aliphatic imine (C=N–C) groups is 1. The van der Waals surface area contributed by atoms with E-state index in [4.69, 9.17) is 9.47 Å². The van der Waals surface area contributed by atoms with Crippen LogP contribution in [0.3, 0.4) is 0 Å². The second-order valence-corrected chi connectivity index (χ2v) is 17.6. The fraction of sp³-hybridized carbons (Fsp3) is 0.652. The fourth-order valence-electron chi connectivity index (χ4n) is 10.9. The van der Waals surface area contributed by atoms with Gasteiger partial charge in [0.05, 0.1) is 18.4 Å². The van der Waals surface area contributed by atoms with Crippen LogP contribution in [0.2, 0.25) is 0 Å². The molecule has 0 heterocycles. The summed E-state index contributed by atoms with van der Waals surface area (Å²) in [4.78, 5) is 17.5. The molecule has 8 atom stereocenters. The molecule has 4 aliphatic carbocycles. The van der Waals surface area contributed by atoms with Gasteiger partial charge in [0.1, 0.15) is 12.4 Å². The van der Waals surface area contributed by atoms with E-state index >= 15 is 0 Å². The monoisotopic (exact) mass is 695 g/mol. The van der Waals surface area contributed by atoms with Crippen LogP contribution in [0.4, 0.5) is 11.4 Å². The molecule has 5 heteroatoms. The third kappa shape index (κ3) is 8.83. The lowest BCUT2D eigenvalue weighted by Gasteiger charge is -2.58. The van der Waals surface area contributed by atoms with Gasteiger partial charge in [-0.2, -0.15) is 0 Å². The van der Waals surface area contributed by atoms with Crippen LogP contribution in [-0.2, 0) is 9.53 Å². The maximum atomic E-state index is 12.9. The molecule has 5 nitrogen and oxygen atoms in total. The Labute approximate surface area is 309 Å². The molecule has 1 amide bonds. The lowest BCUT2D eigenvalue weighted by molar-refractivity contribution is -0.123. The molecule has 2 aromatic rings. The number of nitrogens with zero attached hydrogens (tertiary/aromatic N) is 1. The van der Waals surface area contributed by atoms with Crippen LogP contribution in [0.1, 0.15) is 131 Å². The first kappa shape index (κ1) is 37.8. The van der Waals surface area contributed by atoms with E-state index in [1.54, 1.807) is 5.57 Å². The molecule has 3 fully saturated rings. The number of carbonyl (C=O) groups excluding carboxylic acids is 1. The van der Waals surface area contributed by atoms with Gasteiger partial charge in [-0.25, -0.2) is 0 Å². The Morgan fingerprint density at radius 3 is 2.47 bits per heavy atom. The van der Waals surface area contributed by atoms with Crippen molar-refractivity contribution in [3.63, 3.8) is 0 Å². The zero-order valence-corrected chi connectivity index (χ0v) is 32.6. The van der Waals surface area contributed by atoms with Crippen LogP contribution in [-0.4, -0.2) is 31.4 Å². The van der Waals surface area contributed by atoms with Crippen molar-refractivity contribution in [2.75, 3.05) is 18.5 Å². The lowest BCUT2D eigenvalue weighted by Crippen LogP contribution is -2.51. The van der Waals surface area contributed by atoms with E-state index in [0.717, 1.165) is 90.5 Å². The predicted molar refractivity (Wildman–Crippen MR) is 212 cm³/mol. The van der Waals surface area contributed by atoms with Crippen molar-refractivity contribution < 1.29 is 14.3 Å². The van der Waals surface area contributed by atoms with Gasteiger partial charge < -0.3 is 14.8 Å². The molecule has 0 aromatic heterocycles. The third-order valence-corrected chi connectivity index (χ3v) is 13.9. The Morgan fingerprint density at radius 2 is 1.73 bits per heavy atom. The van der Waals surface area contributed by atoms with Crippen molar-refractivity contribution in [2.24, 2.45) is 51.3 Å². The molecule has 278 valence electrons. The van der Waals surface area contributed by atoms with Crippen LogP contribution >= 0.6 is 0 Å². The maximum absolute atomic E-state index is 12.9. The normalized spacial score (nSPS) is 30.7. The second-order valence-electron chi connectivity index (χ2n) is 17.6. The van der Waals surface area contributed by atoms with E-state index in [2.05, 4.69) is 57.9 Å². The zero-order chi connectivity index (χ0) is 36.0. The molecule has 6 rings (SSSR count). The number of rotatable bonds is 15. The quantitative estimate of drug-likeness (QED) is 0.115. The Bertz CT molecular complexity index is 1500. The molecule has 0 saturated heterocycles. The molecular weight excluding hydrogens is 629 g/mol. The Kier molecular flexibility index (Phi) is 12.5. The number of hydrogen-bond donors (Lipinski definition) is 1. The van der Waals surface area contributed by atoms with Crippen LogP contribution in [0, 0.1) is 46.3 Å². The number of anilines is 1. The topological polar surface area (TPSA) is 59.9 Å². The predicted octanol–water partition coefficient (Wildman–Crippen LogP) is 12.0. The largest absolute Gasteiger partial charge is 0.494 e. The number of carbonyl (C=O) groups is 1. The number of hydrogen-bond acceptors (Lipinski definition) is 4. The van der Waals surface area contributed by atoms with Gasteiger partial charge in [-0.3, -0.25) is 9.79 Å². The number of benzene rings is 2. The highest BCUT2D eigenvalue weighted by Gasteiger charge is 2.59. The molecule has 1 N–H and O–H groups in total. The summed E-state index contributed by atoms with van der Waals surface area (Å²) in [6, 6.07) is 15.6. The van der Waals surface area contributed by atoms with Gasteiger partial charge in [0.2, 0.25) is 5.91 Å². The average Bonchev–Trinajstić information content (AvgIpc) is 3.48. The molecule has 2 aromatic carbocycles. The fourth-order valence-corrected chi connectivity index (χ4v) is 10.9. The average molecular weight is 695 g/mol. The maximum Gasteiger partial charge on any atom is 0.250 e. The minimum atomic E-state index is -0.0979. The summed E-state index contributed by atoms with van der Waals surface area (Å²) in [5.41, 5.74) is 5.05. The molecule has 0 aliphatic heterocycles. The van der Waals surface area contributed by atoms with Gasteiger partial charge in [0.15, 0.2) is 0 Å². The third-order valence-electron chi connectivity index (χ3n) is 13.9. The van der Waals surface area contributed by atoms with E-state index in [9.17, 15) is 4.79 Å². The summed E-state index contributed by atoms with van der Waals surface area (Å²) in [5.74, 6) is 5.90. The van der Waals surface area contributed by atoms with Gasteiger partial charge >= 0.3 is 0 Å². The molecule has 3 saturated carbocycles. The SMILES string of the molecule is CCCCOc1ccc(C=Nc2ccc(NC(=O)CO[C@H]3CC[C@@]4(C)C(=CC[C@H]5[C@@H]6CC[C@H]([C@H](C)CCCC(C)C)[C@@]6(C)CC[C@@H]54)C3)cc2)cc1. The number of ether oxygens (including phenoxy) is 2. The van der Waals surface area contributed by atoms with Crippen LogP contribution in [0.5, 0.6) is 5.75 Å². The Hall–Kier alpha value is -2.92. The smallest absolute Gasteiger partial charge is 0.250 e. The molecule has 0 unspecified atom stereocenters. The second kappa shape index (κ2) is 16.8. The summed E-state index contributed by atoms with van der Waals surface area (Å²) in [6.45, 7) is 15.6. The highest BCUT2D eigenvalue weighted by atomic mass is 16.5. The van der Waals surface area contributed by atoms with Gasteiger partial charge in [-0.1, -0.05) is 78.9 Å². The Morgan fingerprint density at radius 1 is 0.941 bits per heavy atom. The van der Waals surface area contributed by atoms with Gasteiger partial charge in [0, 0.05) is 11.9 Å². The molecular formula is C46H66N2O3. The van der Waals surface area contributed by atoms with Crippen LogP contribution in [0.15, 0.2) is 65.2 Å². The summed E-state index contributed by atoms with van der Waals surface area (Å²) in [6.07, 6.45) is 21.1. The lowest BCUT2D eigenvalue weighted by atomic mass is 9.47. The number of amides is 1. The zero-order valence-electron chi connectivity index (χ0n) is 32.6. The van der Waals surface area contributed by atoms with Crippen LogP contribution < -0.4 is 10.1 Å². The van der Waals surface area contributed by atoms with E-state index < -0.39 is 0 Å². The molecule has 4 aliphatic rings. The van der Waals surface area contributed by atoms with Crippen molar-refractivity contribution in [2.45, 2.75) is 131 Å². The summed E-state index contributed by atoms with van der Waals surface area (Å²) in [5, 5.41) is 3.02. The van der Waals surface area contributed by atoms with Crippen molar-refractivity contribution in [1.29, 1.82) is 0 Å². The van der Waals surface area contributed by atoms with E-state index in [1.807, 2.05) is 54.7 Å². The van der Waals surface area contributed by atoms with E-state index in [0.29, 0.717) is 10.8 Å². The number of nitrogens with one attached hydrogen (secondary N) is 1. The highest BCUT2D eigenvalue weighted by Crippen LogP contribution is 2.67. The van der Waals surface area contributed by atoms with E-state index in [-0.39, 0.29) is 18.6 Å². The highest BCUT2D eigenvalue weighted by molar-refractivity contribution is 5.92. The van der Waals surface area contributed by atoms with Crippen molar-refractivity contribution in [3.05, 3.63) is 65.7 Å². The number of fused-ring (bicyclic) bond motifs is 5. The van der Waals surface area contributed by atoms with Crippen molar-refractivity contribution >= 4 is 23.5 Å². The van der Waals surface area contributed by atoms with Gasteiger partial charge in [-0.15, -0.1) is 0 Å². The summed E-state index contributed by atoms with van der Waals surface area (Å²) >= 11 is 0. The van der Waals surface area contributed by atoms with Gasteiger partial charge in [0.25, 0.3) is 0 Å².